The molecule has 0 saturated heterocycles. The van der Waals surface area contributed by atoms with Crippen molar-refractivity contribution in [2.24, 2.45) is 0 Å². The summed E-state index contributed by atoms with van der Waals surface area (Å²) in [4.78, 5) is 0. The minimum absolute atomic E-state index is 0.731. The molecule has 0 rings (SSSR count). The summed E-state index contributed by atoms with van der Waals surface area (Å²) in [6.07, 6.45) is 2.73. The molecule has 2 nitrogen and oxygen atoms in total. The van der Waals surface area contributed by atoms with Gasteiger partial charge in [-0.25, -0.2) is 0 Å². The van der Waals surface area contributed by atoms with Crippen LogP contribution in [0.5, 0.6) is 0 Å². The molecule has 0 unspecified atom stereocenters. The minimum Gasteiger partial charge on any atom is -0.320 e. The van der Waals surface area contributed by atoms with E-state index < -0.39 is 0 Å². The quantitative estimate of drug-likeness (QED) is 0.412. The molecular weight excluding hydrogens is 152 g/mol. The number of hydrogen-bond donors (Lipinski definition) is 2. The molecule has 0 bridgehead atoms. The van der Waals surface area contributed by atoms with Crippen LogP contribution < -0.4 is 10.6 Å². The van der Waals surface area contributed by atoms with Crippen LogP contribution in [0.15, 0.2) is 0 Å². The molecule has 0 aliphatic carbocycles. The van der Waals surface area contributed by atoms with Gasteiger partial charge in [0.1, 0.15) is 0 Å². The van der Waals surface area contributed by atoms with E-state index in [1.807, 2.05) is 14.1 Å². The van der Waals surface area contributed by atoms with Gasteiger partial charge in [0.05, 0.1) is 0 Å². The zero-order valence-corrected chi connectivity index (χ0v) is 8.97. The summed E-state index contributed by atoms with van der Waals surface area (Å²) in [5.41, 5.74) is 0. The highest BCUT2D eigenvalue weighted by Crippen LogP contribution is 1.93. The smallest absolute Gasteiger partial charge is 0.0281 e. The highest BCUT2D eigenvalue weighted by Gasteiger charge is 1.89. The van der Waals surface area contributed by atoms with E-state index in [4.69, 9.17) is 0 Å². The van der Waals surface area contributed by atoms with E-state index in [-0.39, 0.29) is 0 Å². The van der Waals surface area contributed by atoms with Gasteiger partial charge >= 0.3 is 0 Å². The Labute approximate surface area is 73.0 Å². The predicted octanol–water partition coefficient (Wildman–Crippen LogP) is 0.478. The third-order valence-corrected chi connectivity index (χ3v) is 3.30. The first kappa shape index (κ1) is 11.1. The molecular formula is C8H21N2Si. The van der Waals surface area contributed by atoms with Crippen LogP contribution in [-0.2, 0) is 0 Å². The Morgan fingerprint density at radius 2 is 1.36 bits per heavy atom. The Morgan fingerprint density at radius 3 is 1.73 bits per heavy atom. The zero-order valence-electron chi connectivity index (χ0n) is 7.82. The first-order valence-corrected chi connectivity index (χ1v) is 6.16. The van der Waals surface area contributed by atoms with Crippen LogP contribution in [0.25, 0.3) is 0 Å². The van der Waals surface area contributed by atoms with E-state index in [2.05, 4.69) is 10.6 Å². The maximum atomic E-state index is 3.17. The standard InChI is InChI=1S/C8H21N2Si/c1-9-5-3-7-11-8-4-6-10-2/h9-11H,3-8H2,1-2H3. The van der Waals surface area contributed by atoms with Crippen molar-refractivity contribution in [3.05, 3.63) is 0 Å². The third kappa shape index (κ3) is 10.1. The van der Waals surface area contributed by atoms with Gasteiger partial charge in [0.2, 0.25) is 0 Å². The Kier molecular flexibility index (Phi) is 10.3. The average molecular weight is 173 g/mol. The van der Waals surface area contributed by atoms with Gasteiger partial charge in [-0.1, -0.05) is 12.1 Å². The second-order valence-electron chi connectivity index (χ2n) is 2.78. The monoisotopic (exact) mass is 173 g/mol. The molecule has 67 valence electrons. The lowest BCUT2D eigenvalue weighted by atomic mass is 10.5. The fourth-order valence-electron chi connectivity index (χ4n) is 0.991. The molecule has 1 radical (unpaired) electrons. The van der Waals surface area contributed by atoms with Crippen molar-refractivity contribution in [2.75, 3.05) is 27.2 Å². The normalized spacial score (nSPS) is 10.4. The summed E-state index contributed by atoms with van der Waals surface area (Å²) in [5.74, 6) is 0. The largest absolute Gasteiger partial charge is 0.320 e. The van der Waals surface area contributed by atoms with E-state index in [1.54, 1.807) is 0 Å². The fraction of sp³-hybridized carbons (Fsp3) is 1.00. The van der Waals surface area contributed by atoms with Gasteiger partial charge in [-0.3, -0.25) is 0 Å². The molecule has 0 aromatic rings. The van der Waals surface area contributed by atoms with E-state index in [0.717, 1.165) is 9.52 Å². The third-order valence-electron chi connectivity index (χ3n) is 1.67. The Morgan fingerprint density at radius 1 is 0.909 bits per heavy atom. The summed E-state index contributed by atoms with van der Waals surface area (Å²) in [6, 6.07) is 2.93. The maximum Gasteiger partial charge on any atom is 0.0281 e. The van der Waals surface area contributed by atoms with Gasteiger partial charge in [0.25, 0.3) is 0 Å². The van der Waals surface area contributed by atoms with Crippen molar-refractivity contribution in [3.8, 4) is 0 Å². The first-order chi connectivity index (χ1) is 5.41. The van der Waals surface area contributed by atoms with Gasteiger partial charge in [-0.05, 0) is 40.0 Å². The lowest BCUT2D eigenvalue weighted by Crippen LogP contribution is -2.10. The topological polar surface area (TPSA) is 24.1 Å². The molecule has 2 N–H and O–H groups in total. The van der Waals surface area contributed by atoms with Crippen LogP contribution in [0.4, 0.5) is 0 Å². The SMILES string of the molecule is CNCCC[SiH]CCCNC. The summed E-state index contributed by atoms with van der Waals surface area (Å²) >= 11 is 0. The van der Waals surface area contributed by atoms with Gasteiger partial charge < -0.3 is 10.6 Å². The summed E-state index contributed by atoms with van der Waals surface area (Å²) in [7, 11) is 4.78. The van der Waals surface area contributed by atoms with Gasteiger partial charge in [0, 0.05) is 9.52 Å². The Balaban J connectivity index is 2.69. The van der Waals surface area contributed by atoms with E-state index in [9.17, 15) is 0 Å². The Bertz CT molecular complexity index is 61.1. The van der Waals surface area contributed by atoms with Gasteiger partial charge in [-0.2, -0.15) is 0 Å². The average Bonchev–Trinajstić information content (AvgIpc) is 2.03. The first-order valence-electron chi connectivity index (χ1n) is 4.52. The lowest BCUT2D eigenvalue weighted by molar-refractivity contribution is 0.755. The van der Waals surface area contributed by atoms with Crippen molar-refractivity contribution in [2.45, 2.75) is 24.9 Å². The second-order valence-corrected chi connectivity index (χ2v) is 4.51. The molecule has 0 amide bonds. The van der Waals surface area contributed by atoms with Crippen LogP contribution in [-0.4, -0.2) is 36.7 Å². The Hall–Kier alpha value is 0.137. The van der Waals surface area contributed by atoms with Gasteiger partial charge in [-0.15, -0.1) is 0 Å². The van der Waals surface area contributed by atoms with Gasteiger partial charge in [0.15, 0.2) is 0 Å². The molecule has 0 spiro atoms. The number of hydrogen-bond acceptors (Lipinski definition) is 2. The van der Waals surface area contributed by atoms with Crippen LogP contribution >= 0.6 is 0 Å². The highest BCUT2D eigenvalue weighted by atomic mass is 28.2. The van der Waals surface area contributed by atoms with Crippen molar-refractivity contribution < 1.29 is 0 Å². The van der Waals surface area contributed by atoms with Crippen molar-refractivity contribution >= 4 is 9.52 Å². The molecule has 0 fully saturated rings. The van der Waals surface area contributed by atoms with E-state index in [0.29, 0.717) is 0 Å². The number of nitrogens with one attached hydrogen (secondary N) is 2. The highest BCUT2D eigenvalue weighted by molar-refractivity contribution is 6.35. The molecule has 3 heteroatoms. The molecule has 0 aliphatic rings. The second kappa shape index (κ2) is 10.1. The fourth-order valence-corrected chi connectivity index (χ4v) is 2.26. The molecule has 0 aromatic carbocycles. The van der Waals surface area contributed by atoms with Crippen LogP contribution in [0.3, 0.4) is 0 Å². The molecule has 0 heterocycles. The summed E-state index contributed by atoms with van der Waals surface area (Å²) < 4.78 is 0. The van der Waals surface area contributed by atoms with Crippen LogP contribution in [0.2, 0.25) is 12.1 Å². The summed E-state index contributed by atoms with van der Waals surface area (Å²) in [6.45, 7) is 2.39. The van der Waals surface area contributed by atoms with E-state index >= 15 is 0 Å². The van der Waals surface area contributed by atoms with Crippen molar-refractivity contribution in [1.82, 2.24) is 10.6 Å². The van der Waals surface area contributed by atoms with Crippen molar-refractivity contribution in [1.29, 1.82) is 0 Å². The van der Waals surface area contributed by atoms with Crippen LogP contribution in [0, 0.1) is 0 Å². The van der Waals surface area contributed by atoms with E-state index in [1.165, 1.54) is 38.0 Å². The number of rotatable bonds is 8. The molecule has 0 atom stereocenters. The molecule has 0 saturated carbocycles. The summed E-state index contributed by atoms with van der Waals surface area (Å²) in [5, 5.41) is 6.34. The lowest BCUT2D eigenvalue weighted by Gasteiger charge is -1.99. The maximum absolute atomic E-state index is 3.17. The zero-order chi connectivity index (χ0) is 8.36. The van der Waals surface area contributed by atoms with Crippen LogP contribution in [0.1, 0.15) is 12.8 Å². The predicted molar refractivity (Wildman–Crippen MR) is 53.9 cm³/mol. The molecule has 11 heavy (non-hydrogen) atoms. The van der Waals surface area contributed by atoms with Crippen molar-refractivity contribution in [3.63, 3.8) is 0 Å². The molecule has 0 aliphatic heterocycles. The minimum atomic E-state index is 0.731. The molecule has 0 aromatic heterocycles.